The van der Waals surface area contributed by atoms with Gasteiger partial charge in [0.05, 0.1) is 24.8 Å². The summed E-state index contributed by atoms with van der Waals surface area (Å²) in [5, 5.41) is 2.94. The highest BCUT2D eigenvalue weighted by atomic mass is 16.5. The number of amides is 1. The summed E-state index contributed by atoms with van der Waals surface area (Å²) in [5.41, 5.74) is 2.92. The van der Waals surface area contributed by atoms with Crippen molar-refractivity contribution in [3.8, 4) is 5.75 Å². The second kappa shape index (κ2) is 9.62. The molecule has 0 saturated carbocycles. The molecule has 1 aliphatic carbocycles. The third-order valence-electron chi connectivity index (χ3n) is 5.70. The van der Waals surface area contributed by atoms with Gasteiger partial charge in [-0.25, -0.2) is 9.97 Å². The third-order valence-corrected chi connectivity index (χ3v) is 5.70. The van der Waals surface area contributed by atoms with Gasteiger partial charge < -0.3 is 14.6 Å². The monoisotopic (exact) mass is 454 g/mol. The Balaban J connectivity index is 1.54. The highest BCUT2D eigenvalue weighted by Crippen LogP contribution is 2.38. The topological polar surface area (TPSA) is 112 Å². The molecule has 5 rings (SSSR count). The van der Waals surface area contributed by atoms with Crippen LogP contribution in [-0.2, 0) is 13.0 Å². The molecule has 1 atom stereocenters. The van der Waals surface area contributed by atoms with Crippen LogP contribution in [0.15, 0.2) is 74.0 Å². The zero-order valence-corrected chi connectivity index (χ0v) is 18.3. The Morgan fingerprint density at radius 1 is 1.06 bits per heavy atom. The standard InChI is InChI=1S/C25H22N6O3/c32-21-5-1-4-19-18(21)6-7-22(24(19)30-25(33)20-14-27-9-10-29-20)34-23(15-31-12-11-28-16-31)17-3-2-8-26-13-17/h2-3,6-14,16,23H,1,4-5,15H2,(H,30,33). The van der Waals surface area contributed by atoms with Crippen LogP contribution in [0.25, 0.3) is 0 Å². The zero-order valence-electron chi connectivity index (χ0n) is 18.3. The number of ketones is 1. The fourth-order valence-electron chi connectivity index (χ4n) is 4.05. The van der Waals surface area contributed by atoms with E-state index in [0.29, 0.717) is 42.8 Å². The number of nitrogens with zero attached hydrogens (tertiary/aromatic N) is 5. The molecule has 0 bridgehead atoms. The number of anilines is 1. The molecule has 9 heteroatoms. The summed E-state index contributed by atoms with van der Waals surface area (Å²) in [4.78, 5) is 41.9. The van der Waals surface area contributed by atoms with Gasteiger partial charge in [-0.2, -0.15) is 0 Å². The van der Waals surface area contributed by atoms with Gasteiger partial charge in [-0.05, 0) is 36.6 Å². The van der Waals surface area contributed by atoms with Crippen LogP contribution in [0, 0.1) is 0 Å². The van der Waals surface area contributed by atoms with Crippen LogP contribution in [0.3, 0.4) is 0 Å². The Morgan fingerprint density at radius 3 is 2.74 bits per heavy atom. The van der Waals surface area contributed by atoms with E-state index in [-0.39, 0.29) is 11.5 Å². The number of carbonyl (C=O) groups excluding carboxylic acids is 2. The lowest BCUT2D eigenvalue weighted by molar-refractivity contribution is 0.0969. The number of hydrogen-bond acceptors (Lipinski definition) is 7. The lowest BCUT2D eigenvalue weighted by atomic mass is 9.89. The van der Waals surface area contributed by atoms with Gasteiger partial charge in [-0.15, -0.1) is 0 Å². The maximum absolute atomic E-state index is 13.0. The number of nitrogens with one attached hydrogen (secondary N) is 1. The summed E-state index contributed by atoms with van der Waals surface area (Å²) in [5.74, 6) is 0.113. The summed E-state index contributed by atoms with van der Waals surface area (Å²) in [6.07, 6.45) is 14.5. The van der Waals surface area contributed by atoms with Crippen molar-refractivity contribution in [3.05, 3.63) is 96.4 Å². The highest BCUT2D eigenvalue weighted by Gasteiger charge is 2.26. The largest absolute Gasteiger partial charge is 0.482 e. The van der Waals surface area contributed by atoms with Crippen molar-refractivity contribution in [1.29, 1.82) is 0 Å². The molecule has 1 aliphatic rings. The van der Waals surface area contributed by atoms with Crippen LogP contribution >= 0.6 is 0 Å². The average Bonchev–Trinajstić information content (AvgIpc) is 3.39. The third kappa shape index (κ3) is 4.54. The number of fused-ring (bicyclic) bond motifs is 1. The van der Waals surface area contributed by atoms with Crippen molar-refractivity contribution in [2.75, 3.05) is 5.32 Å². The Labute approximate surface area is 195 Å². The number of Topliss-reactive ketones (excluding diaryl/α,β-unsaturated/α-hetero) is 1. The molecular formula is C25H22N6O3. The number of pyridine rings is 1. The van der Waals surface area contributed by atoms with Gasteiger partial charge in [0.1, 0.15) is 17.5 Å². The molecule has 3 heterocycles. The first-order chi connectivity index (χ1) is 16.7. The zero-order chi connectivity index (χ0) is 23.3. The van der Waals surface area contributed by atoms with E-state index < -0.39 is 12.0 Å². The van der Waals surface area contributed by atoms with E-state index in [1.807, 2.05) is 22.9 Å². The molecule has 170 valence electrons. The molecule has 1 unspecified atom stereocenters. The maximum Gasteiger partial charge on any atom is 0.275 e. The van der Waals surface area contributed by atoms with E-state index in [0.717, 1.165) is 11.1 Å². The lowest BCUT2D eigenvalue weighted by Crippen LogP contribution is -2.21. The van der Waals surface area contributed by atoms with Crippen molar-refractivity contribution in [3.63, 3.8) is 0 Å². The fraction of sp³-hybridized carbons (Fsp3) is 0.200. The van der Waals surface area contributed by atoms with Crippen LogP contribution in [0.2, 0.25) is 0 Å². The van der Waals surface area contributed by atoms with E-state index in [2.05, 4.69) is 25.3 Å². The van der Waals surface area contributed by atoms with Gasteiger partial charge in [0.15, 0.2) is 5.78 Å². The van der Waals surface area contributed by atoms with Crippen LogP contribution in [0.4, 0.5) is 5.69 Å². The Hall–Kier alpha value is -4.40. The van der Waals surface area contributed by atoms with Crippen LogP contribution in [0.1, 0.15) is 50.9 Å². The van der Waals surface area contributed by atoms with Gasteiger partial charge >= 0.3 is 0 Å². The maximum atomic E-state index is 13.0. The van der Waals surface area contributed by atoms with Gasteiger partial charge in [-0.1, -0.05) is 6.07 Å². The Bertz CT molecular complexity index is 1290. The lowest BCUT2D eigenvalue weighted by Gasteiger charge is -2.25. The number of ether oxygens (including phenoxy) is 1. The normalized spacial score (nSPS) is 13.7. The van der Waals surface area contributed by atoms with Crippen LogP contribution < -0.4 is 10.1 Å². The van der Waals surface area contributed by atoms with Crippen molar-refractivity contribution in [2.45, 2.75) is 31.9 Å². The van der Waals surface area contributed by atoms with E-state index in [9.17, 15) is 9.59 Å². The van der Waals surface area contributed by atoms with Crippen molar-refractivity contribution >= 4 is 17.4 Å². The molecule has 34 heavy (non-hydrogen) atoms. The van der Waals surface area contributed by atoms with Gasteiger partial charge in [0.2, 0.25) is 0 Å². The number of benzene rings is 1. The number of carbonyl (C=O) groups is 2. The first-order valence-electron chi connectivity index (χ1n) is 11.0. The van der Waals surface area contributed by atoms with E-state index in [1.165, 1.54) is 18.6 Å². The average molecular weight is 454 g/mol. The van der Waals surface area contributed by atoms with Crippen LogP contribution in [-0.4, -0.2) is 36.2 Å². The second-order valence-electron chi connectivity index (χ2n) is 7.94. The first-order valence-corrected chi connectivity index (χ1v) is 11.0. The molecule has 9 nitrogen and oxygen atoms in total. The van der Waals surface area contributed by atoms with Crippen molar-refractivity contribution < 1.29 is 14.3 Å². The molecular weight excluding hydrogens is 432 g/mol. The van der Waals surface area contributed by atoms with Crippen molar-refractivity contribution in [1.82, 2.24) is 24.5 Å². The Morgan fingerprint density at radius 2 is 1.97 bits per heavy atom. The molecule has 4 aromatic rings. The van der Waals surface area contributed by atoms with E-state index >= 15 is 0 Å². The van der Waals surface area contributed by atoms with Gasteiger partial charge in [-0.3, -0.25) is 19.6 Å². The summed E-state index contributed by atoms with van der Waals surface area (Å²) in [6, 6.07) is 7.31. The summed E-state index contributed by atoms with van der Waals surface area (Å²) in [6.45, 7) is 0.485. The molecule has 0 aliphatic heterocycles. The molecule has 0 radical (unpaired) electrons. The smallest absolute Gasteiger partial charge is 0.275 e. The molecule has 0 saturated heterocycles. The fourth-order valence-corrected chi connectivity index (χ4v) is 4.05. The summed E-state index contributed by atoms with van der Waals surface area (Å²) in [7, 11) is 0. The quantitative estimate of drug-likeness (QED) is 0.453. The molecule has 1 N–H and O–H groups in total. The Kier molecular flexibility index (Phi) is 6.07. The molecule has 0 spiro atoms. The molecule has 1 aromatic carbocycles. The minimum absolute atomic E-state index is 0.0602. The SMILES string of the molecule is O=C(Nc1c(OC(Cn2ccnc2)c2cccnc2)ccc2c1CCCC2=O)c1cnccn1. The highest BCUT2D eigenvalue weighted by molar-refractivity contribution is 6.06. The van der Waals surface area contributed by atoms with Crippen molar-refractivity contribution in [2.24, 2.45) is 0 Å². The minimum atomic E-state index is -0.420. The number of rotatable bonds is 7. The van der Waals surface area contributed by atoms with Gasteiger partial charge in [0.25, 0.3) is 5.91 Å². The minimum Gasteiger partial charge on any atom is -0.482 e. The summed E-state index contributed by atoms with van der Waals surface area (Å²) < 4.78 is 8.41. The number of aromatic nitrogens is 5. The van der Waals surface area contributed by atoms with E-state index in [1.54, 1.807) is 37.1 Å². The number of hydrogen-bond donors (Lipinski definition) is 1. The van der Waals surface area contributed by atoms with E-state index in [4.69, 9.17) is 4.74 Å². The molecule has 1 amide bonds. The number of imidazole rings is 1. The van der Waals surface area contributed by atoms with Gasteiger partial charge in [0, 0.05) is 54.7 Å². The predicted octanol–water partition coefficient (Wildman–Crippen LogP) is 3.66. The second-order valence-corrected chi connectivity index (χ2v) is 7.94. The summed E-state index contributed by atoms with van der Waals surface area (Å²) >= 11 is 0. The van der Waals surface area contributed by atoms with Crippen LogP contribution in [0.5, 0.6) is 5.75 Å². The predicted molar refractivity (Wildman–Crippen MR) is 124 cm³/mol. The molecule has 3 aromatic heterocycles. The first kappa shape index (κ1) is 21.4. The molecule has 0 fully saturated rings.